The van der Waals surface area contributed by atoms with Crippen molar-refractivity contribution in [1.82, 2.24) is 14.1 Å². The summed E-state index contributed by atoms with van der Waals surface area (Å²) in [7, 11) is -2.11. The second-order valence-corrected chi connectivity index (χ2v) is 9.36. The van der Waals surface area contributed by atoms with E-state index in [1.54, 1.807) is 12.1 Å². The number of nitrogens with one attached hydrogen (secondary N) is 1. The van der Waals surface area contributed by atoms with Gasteiger partial charge in [-0.3, -0.25) is 9.59 Å². The molecule has 1 aliphatic rings. The molecule has 1 aliphatic heterocycles. The van der Waals surface area contributed by atoms with E-state index in [1.165, 1.54) is 35.6 Å². The van der Waals surface area contributed by atoms with E-state index in [0.29, 0.717) is 30.6 Å². The molecule has 2 unspecified atom stereocenters. The summed E-state index contributed by atoms with van der Waals surface area (Å²) in [5.41, 5.74) is 0.225. The fraction of sp³-hybridized carbons (Fsp3) is 0.421. The molecule has 0 saturated carbocycles. The molecule has 2 atom stereocenters. The number of anilines is 1. The molecular weight excluding hydrogens is 380 g/mol. The van der Waals surface area contributed by atoms with Crippen molar-refractivity contribution in [2.45, 2.75) is 25.2 Å². The highest BCUT2D eigenvalue weighted by Crippen LogP contribution is 2.27. The summed E-state index contributed by atoms with van der Waals surface area (Å²) >= 11 is 0. The first-order valence-corrected chi connectivity index (χ1v) is 10.6. The van der Waals surface area contributed by atoms with Gasteiger partial charge in [0, 0.05) is 31.9 Å². The zero-order valence-corrected chi connectivity index (χ0v) is 16.9. The highest BCUT2D eigenvalue weighted by molar-refractivity contribution is 7.89. The Morgan fingerprint density at radius 1 is 1.07 bits per heavy atom. The Kier molecular flexibility index (Phi) is 5.66. The number of amides is 1. The van der Waals surface area contributed by atoms with Crippen molar-refractivity contribution in [1.29, 1.82) is 0 Å². The number of piperidine rings is 1. The molecule has 9 heteroatoms. The number of carbonyl (C=O) groups is 1. The first kappa shape index (κ1) is 20.2. The summed E-state index contributed by atoms with van der Waals surface area (Å²) in [6, 6.07) is 8.67. The van der Waals surface area contributed by atoms with Crippen LogP contribution in [0.15, 0.2) is 46.1 Å². The smallest absolute Gasteiger partial charge is 0.276 e. The van der Waals surface area contributed by atoms with Gasteiger partial charge in [-0.05, 0) is 48.6 Å². The Bertz CT molecular complexity index is 1020. The van der Waals surface area contributed by atoms with Gasteiger partial charge in [0.25, 0.3) is 11.5 Å². The molecule has 1 amide bonds. The number of benzene rings is 1. The third kappa shape index (κ3) is 4.31. The Morgan fingerprint density at radius 2 is 1.68 bits per heavy atom. The molecule has 0 aliphatic carbocycles. The lowest BCUT2D eigenvalue weighted by Gasteiger charge is -2.34. The number of rotatable bonds is 4. The predicted molar refractivity (Wildman–Crippen MR) is 106 cm³/mol. The van der Waals surface area contributed by atoms with E-state index in [2.05, 4.69) is 24.3 Å². The zero-order chi connectivity index (χ0) is 20.5. The molecule has 150 valence electrons. The first-order chi connectivity index (χ1) is 13.2. The maximum absolute atomic E-state index is 12.9. The lowest BCUT2D eigenvalue weighted by Crippen LogP contribution is -2.42. The van der Waals surface area contributed by atoms with Crippen LogP contribution in [0.4, 0.5) is 5.69 Å². The van der Waals surface area contributed by atoms with Crippen LogP contribution in [0.3, 0.4) is 0 Å². The van der Waals surface area contributed by atoms with E-state index < -0.39 is 15.9 Å². The average Bonchev–Trinajstić information content (AvgIpc) is 2.63. The fourth-order valence-corrected chi connectivity index (χ4v) is 5.16. The minimum absolute atomic E-state index is 0.0927. The monoisotopic (exact) mass is 404 g/mol. The molecule has 8 nitrogen and oxygen atoms in total. The van der Waals surface area contributed by atoms with Gasteiger partial charge < -0.3 is 5.32 Å². The number of hydrogen-bond acceptors (Lipinski definition) is 5. The largest absolute Gasteiger partial charge is 0.321 e. The van der Waals surface area contributed by atoms with Gasteiger partial charge in [0.2, 0.25) is 10.0 Å². The van der Waals surface area contributed by atoms with Gasteiger partial charge in [-0.25, -0.2) is 13.1 Å². The summed E-state index contributed by atoms with van der Waals surface area (Å²) in [5.74, 6) is 0.169. The van der Waals surface area contributed by atoms with E-state index in [-0.39, 0.29) is 16.1 Å². The fourth-order valence-electron chi connectivity index (χ4n) is 3.48. The van der Waals surface area contributed by atoms with Gasteiger partial charge in [0.15, 0.2) is 0 Å². The third-order valence-electron chi connectivity index (χ3n) is 4.78. The second kappa shape index (κ2) is 7.84. The molecule has 1 saturated heterocycles. The normalized spacial score (nSPS) is 20.7. The minimum Gasteiger partial charge on any atom is -0.321 e. The Labute approximate surface area is 164 Å². The Balaban J connectivity index is 1.74. The van der Waals surface area contributed by atoms with Gasteiger partial charge in [0.1, 0.15) is 5.69 Å². The van der Waals surface area contributed by atoms with Crippen LogP contribution in [-0.2, 0) is 17.1 Å². The van der Waals surface area contributed by atoms with Crippen molar-refractivity contribution in [2.75, 3.05) is 18.4 Å². The summed E-state index contributed by atoms with van der Waals surface area (Å²) in [5, 5.41) is 6.54. The topological polar surface area (TPSA) is 101 Å². The standard InChI is InChI=1S/C19H24N4O4S/c1-13-10-14(2)12-23(11-13)28(26,27)16-6-4-15(5-7-16)20-19(25)17-8-9-18(24)22(3)21-17/h4-9,13-14H,10-12H2,1-3H3,(H,20,25). The van der Waals surface area contributed by atoms with Crippen molar-refractivity contribution in [3.63, 3.8) is 0 Å². The van der Waals surface area contributed by atoms with Crippen LogP contribution in [0.5, 0.6) is 0 Å². The summed E-state index contributed by atoms with van der Waals surface area (Å²) in [6.07, 6.45) is 1.02. The second-order valence-electron chi connectivity index (χ2n) is 7.43. The molecule has 0 spiro atoms. The van der Waals surface area contributed by atoms with Gasteiger partial charge in [0.05, 0.1) is 4.90 Å². The molecular formula is C19H24N4O4S. The molecule has 1 aromatic carbocycles. The highest BCUT2D eigenvalue weighted by Gasteiger charge is 2.31. The van der Waals surface area contributed by atoms with Gasteiger partial charge in [-0.1, -0.05) is 13.8 Å². The molecule has 2 heterocycles. The van der Waals surface area contributed by atoms with Gasteiger partial charge >= 0.3 is 0 Å². The summed E-state index contributed by atoms with van der Waals surface area (Å²) in [6.45, 7) is 5.15. The molecule has 3 rings (SSSR count). The molecule has 1 N–H and O–H groups in total. The lowest BCUT2D eigenvalue weighted by molar-refractivity contribution is 0.102. The van der Waals surface area contributed by atoms with Crippen LogP contribution in [-0.4, -0.2) is 41.5 Å². The van der Waals surface area contributed by atoms with E-state index in [0.717, 1.165) is 11.1 Å². The number of nitrogens with zero attached hydrogens (tertiary/aromatic N) is 3. The van der Waals surface area contributed by atoms with Gasteiger partial charge in [-0.2, -0.15) is 9.40 Å². The quantitative estimate of drug-likeness (QED) is 0.836. The molecule has 1 aromatic heterocycles. The SMILES string of the molecule is CC1CC(C)CN(S(=O)(=O)c2ccc(NC(=O)c3ccc(=O)n(C)n3)cc2)C1. The summed E-state index contributed by atoms with van der Waals surface area (Å²) < 4.78 is 28.4. The molecule has 1 fully saturated rings. The zero-order valence-electron chi connectivity index (χ0n) is 16.1. The van der Waals surface area contributed by atoms with Gasteiger partial charge in [-0.15, -0.1) is 0 Å². The Morgan fingerprint density at radius 3 is 2.25 bits per heavy atom. The number of aromatic nitrogens is 2. The van der Waals surface area contributed by atoms with E-state index in [4.69, 9.17) is 0 Å². The van der Waals surface area contributed by atoms with Crippen molar-refractivity contribution in [3.05, 3.63) is 52.4 Å². The molecule has 0 radical (unpaired) electrons. The Hall–Kier alpha value is -2.52. The minimum atomic E-state index is -3.57. The van der Waals surface area contributed by atoms with Crippen molar-refractivity contribution in [3.8, 4) is 0 Å². The van der Waals surface area contributed by atoms with Crippen molar-refractivity contribution in [2.24, 2.45) is 18.9 Å². The maximum Gasteiger partial charge on any atom is 0.276 e. The number of hydrogen-bond donors (Lipinski definition) is 1. The van der Waals surface area contributed by atoms with Crippen LogP contribution < -0.4 is 10.9 Å². The third-order valence-corrected chi connectivity index (χ3v) is 6.62. The number of carbonyl (C=O) groups excluding carboxylic acids is 1. The van der Waals surface area contributed by atoms with Crippen LogP contribution >= 0.6 is 0 Å². The van der Waals surface area contributed by atoms with E-state index in [1.807, 2.05) is 0 Å². The lowest BCUT2D eigenvalue weighted by atomic mass is 9.94. The number of sulfonamides is 1. The molecule has 2 aromatic rings. The highest BCUT2D eigenvalue weighted by atomic mass is 32.2. The molecule has 0 bridgehead atoms. The van der Waals surface area contributed by atoms with Crippen molar-refractivity contribution >= 4 is 21.6 Å². The van der Waals surface area contributed by atoms with Crippen LogP contribution in [0.25, 0.3) is 0 Å². The van der Waals surface area contributed by atoms with Crippen LogP contribution in [0.1, 0.15) is 30.8 Å². The predicted octanol–water partition coefficient (Wildman–Crippen LogP) is 1.70. The van der Waals surface area contributed by atoms with E-state index in [9.17, 15) is 18.0 Å². The van der Waals surface area contributed by atoms with Crippen molar-refractivity contribution < 1.29 is 13.2 Å². The average molecular weight is 404 g/mol. The molecule has 28 heavy (non-hydrogen) atoms. The first-order valence-electron chi connectivity index (χ1n) is 9.12. The number of aryl methyl sites for hydroxylation is 1. The summed E-state index contributed by atoms with van der Waals surface area (Å²) in [4.78, 5) is 23.8. The maximum atomic E-state index is 12.9. The van der Waals surface area contributed by atoms with E-state index >= 15 is 0 Å². The van der Waals surface area contributed by atoms with Crippen LogP contribution in [0.2, 0.25) is 0 Å². The van der Waals surface area contributed by atoms with Crippen LogP contribution in [0, 0.1) is 11.8 Å².